The standard InChI is InChI=1S/C19H21FN2O5/c1-11(22-17(24)14-7-2-3-8-15(14)18(22)25)19(26)27-10-16(23)21-13-6-4-5-12(20)9-13/h4-6,9,11,14-15H,2-3,7-8,10H2,1H3,(H,21,23)/t11-,14+,15+/m0/s1. The second-order valence-corrected chi connectivity index (χ2v) is 6.89. The van der Waals surface area contributed by atoms with E-state index in [4.69, 9.17) is 4.74 Å². The molecule has 0 bridgehead atoms. The third-order valence-electron chi connectivity index (χ3n) is 5.06. The van der Waals surface area contributed by atoms with E-state index in [0.29, 0.717) is 12.8 Å². The average molecular weight is 376 g/mol. The van der Waals surface area contributed by atoms with Crippen LogP contribution in [0.25, 0.3) is 0 Å². The van der Waals surface area contributed by atoms with Gasteiger partial charge in [0.25, 0.3) is 5.91 Å². The summed E-state index contributed by atoms with van der Waals surface area (Å²) in [6.45, 7) is 0.822. The van der Waals surface area contributed by atoms with Crippen molar-refractivity contribution in [3.63, 3.8) is 0 Å². The van der Waals surface area contributed by atoms with Crippen molar-refractivity contribution < 1.29 is 28.3 Å². The van der Waals surface area contributed by atoms with Crippen molar-refractivity contribution in [2.24, 2.45) is 11.8 Å². The van der Waals surface area contributed by atoms with Crippen molar-refractivity contribution in [3.05, 3.63) is 30.1 Å². The first kappa shape index (κ1) is 19.0. The number of hydrogen-bond donors (Lipinski definition) is 1. The number of amides is 3. The minimum Gasteiger partial charge on any atom is -0.454 e. The maximum atomic E-state index is 13.1. The Balaban J connectivity index is 1.55. The Morgan fingerprint density at radius 2 is 1.85 bits per heavy atom. The van der Waals surface area contributed by atoms with Crippen LogP contribution in [0.1, 0.15) is 32.6 Å². The summed E-state index contributed by atoms with van der Waals surface area (Å²) in [5, 5.41) is 2.40. The Morgan fingerprint density at radius 3 is 2.44 bits per heavy atom. The van der Waals surface area contributed by atoms with E-state index in [1.165, 1.54) is 25.1 Å². The molecule has 1 saturated carbocycles. The van der Waals surface area contributed by atoms with Gasteiger partial charge in [-0.3, -0.25) is 19.3 Å². The van der Waals surface area contributed by atoms with Gasteiger partial charge in [0.15, 0.2) is 6.61 Å². The summed E-state index contributed by atoms with van der Waals surface area (Å²) in [7, 11) is 0. The first-order valence-electron chi connectivity index (χ1n) is 8.97. The van der Waals surface area contributed by atoms with Crippen LogP contribution in [0.4, 0.5) is 10.1 Å². The molecule has 1 saturated heterocycles. The lowest BCUT2D eigenvalue weighted by Gasteiger charge is -2.21. The Bertz CT molecular complexity index is 757. The summed E-state index contributed by atoms with van der Waals surface area (Å²) < 4.78 is 18.0. The SMILES string of the molecule is C[C@@H](C(=O)OCC(=O)Nc1cccc(F)c1)N1C(=O)[C@@H]2CCCC[C@H]2C1=O. The van der Waals surface area contributed by atoms with Crippen molar-refractivity contribution >= 4 is 29.4 Å². The fourth-order valence-electron chi connectivity index (χ4n) is 3.70. The highest BCUT2D eigenvalue weighted by atomic mass is 19.1. The molecule has 0 spiro atoms. The normalized spacial score (nSPS) is 23.0. The molecule has 2 aliphatic rings. The molecule has 7 nitrogen and oxygen atoms in total. The van der Waals surface area contributed by atoms with E-state index in [1.54, 1.807) is 0 Å². The number of carbonyl (C=O) groups excluding carboxylic acids is 4. The van der Waals surface area contributed by atoms with Gasteiger partial charge < -0.3 is 10.1 Å². The molecule has 1 aliphatic heterocycles. The fraction of sp³-hybridized carbons (Fsp3) is 0.474. The summed E-state index contributed by atoms with van der Waals surface area (Å²) in [6.07, 6.45) is 3.10. The third-order valence-corrected chi connectivity index (χ3v) is 5.06. The minimum absolute atomic E-state index is 0.234. The Hall–Kier alpha value is -2.77. The van der Waals surface area contributed by atoms with Gasteiger partial charge in [-0.15, -0.1) is 0 Å². The third kappa shape index (κ3) is 3.99. The molecule has 27 heavy (non-hydrogen) atoms. The van der Waals surface area contributed by atoms with E-state index in [-0.39, 0.29) is 29.3 Å². The van der Waals surface area contributed by atoms with Crippen LogP contribution in [0.2, 0.25) is 0 Å². The van der Waals surface area contributed by atoms with E-state index < -0.39 is 30.3 Å². The number of esters is 1. The molecule has 0 radical (unpaired) electrons. The highest BCUT2D eigenvalue weighted by Crippen LogP contribution is 2.38. The molecule has 3 amide bonds. The minimum atomic E-state index is -1.09. The van der Waals surface area contributed by atoms with Gasteiger partial charge in [0.05, 0.1) is 11.8 Å². The number of benzene rings is 1. The second kappa shape index (κ2) is 7.85. The van der Waals surface area contributed by atoms with Crippen LogP contribution in [-0.2, 0) is 23.9 Å². The molecule has 144 valence electrons. The molecular weight excluding hydrogens is 355 g/mol. The van der Waals surface area contributed by atoms with Gasteiger partial charge in [-0.05, 0) is 38.0 Å². The topological polar surface area (TPSA) is 92.8 Å². The van der Waals surface area contributed by atoms with Gasteiger partial charge in [-0.2, -0.15) is 0 Å². The quantitative estimate of drug-likeness (QED) is 0.626. The number of carbonyl (C=O) groups is 4. The van der Waals surface area contributed by atoms with Crippen molar-refractivity contribution in [2.45, 2.75) is 38.6 Å². The number of imide groups is 1. The highest BCUT2D eigenvalue weighted by molar-refractivity contribution is 6.08. The lowest BCUT2D eigenvalue weighted by Crippen LogP contribution is -2.45. The van der Waals surface area contributed by atoms with Gasteiger partial charge in [-0.1, -0.05) is 18.9 Å². The fourth-order valence-corrected chi connectivity index (χ4v) is 3.70. The molecule has 1 N–H and O–H groups in total. The van der Waals surface area contributed by atoms with Crippen molar-refractivity contribution in [1.82, 2.24) is 4.90 Å². The van der Waals surface area contributed by atoms with Gasteiger partial charge in [0, 0.05) is 5.69 Å². The molecule has 1 aromatic carbocycles. The Morgan fingerprint density at radius 1 is 1.22 bits per heavy atom. The Labute approximate surface area is 155 Å². The second-order valence-electron chi connectivity index (χ2n) is 6.89. The van der Waals surface area contributed by atoms with Crippen LogP contribution >= 0.6 is 0 Å². The lowest BCUT2D eigenvalue weighted by atomic mass is 9.81. The van der Waals surface area contributed by atoms with Crippen LogP contribution in [-0.4, -0.2) is 41.2 Å². The zero-order valence-electron chi connectivity index (χ0n) is 14.9. The van der Waals surface area contributed by atoms with Crippen molar-refractivity contribution in [3.8, 4) is 0 Å². The maximum absolute atomic E-state index is 13.1. The van der Waals surface area contributed by atoms with Crippen LogP contribution in [0.15, 0.2) is 24.3 Å². The summed E-state index contributed by atoms with van der Waals surface area (Å²) in [5.41, 5.74) is 0.234. The number of anilines is 1. The zero-order valence-corrected chi connectivity index (χ0v) is 14.9. The van der Waals surface area contributed by atoms with Crippen molar-refractivity contribution in [1.29, 1.82) is 0 Å². The predicted molar refractivity (Wildman–Crippen MR) is 92.8 cm³/mol. The first-order chi connectivity index (χ1) is 12.9. The molecule has 2 fully saturated rings. The summed E-state index contributed by atoms with van der Waals surface area (Å²) >= 11 is 0. The first-order valence-corrected chi connectivity index (χ1v) is 8.97. The highest BCUT2D eigenvalue weighted by Gasteiger charge is 2.51. The van der Waals surface area contributed by atoms with E-state index >= 15 is 0 Å². The monoisotopic (exact) mass is 376 g/mol. The lowest BCUT2D eigenvalue weighted by molar-refractivity contribution is -0.159. The van der Waals surface area contributed by atoms with Crippen LogP contribution in [0, 0.1) is 17.7 Å². The van der Waals surface area contributed by atoms with Gasteiger partial charge in [0.1, 0.15) is 11.9 Å². The van der Waals surface area contributed by atoms with Crippen molar-refractivity contribution in [2.75, 3.05) is 11.9 Å². The number of hydrogen-bond acceptors (Lipinski definition) is 5. The summed E-state index contributed by atoms with van der Waals surface area (Å²) in [5.74, 6) is -3.35. The smallest absolute Gasteiger partial charge is 0.329 e. The molecule has 1 heterocycles. The van der Waals surface area contributed by atoms with E-state index in [0.717, 1.165) is 23.8 Å². The molecule has 0 unspecified atom stereocenters. The summed E-state index contributed by atoms with van der Waals surface area (Å²) in [6, 6.07) is 4.21. The number of likely N-dealkylation sites (tertiary alicyclic amines) is 1. The molecule has 1 aliphatic carbocycles. The number of ether oxygens (including phenoxy) is 1. The molecule has 0 aromatic heterocycles. The molecule has 8 heteroatoms. The Kier molecular flexibility index (Phi) is 5.53. The number of nitrogens with zero attached hydrogens (tertiary/aromatic N) is 1. The zero-order chi connectivity index (χ0) is 19.6. The number of halogens is 1. The summed E-state index contributed by atoms with van der Waals surface area (Å²) in [4.78, 5) is 50.0. The maximum Gasteiger partial charge on any atom is 0.329 e. The van der Waals surface area contributed by atoms with E-state index in [2.05, 4.69) is 5.32 Å². The molecule has 3 atom stereocenters. The molecular formula is C19H21FN2O5. The van der Waals surface area contributed by atoms with Gasteiger partial charge in [-0.25, -0.2) is 9.18 Å². The molecule has 1 aromatic rings. The van der Waals surface area contributed by atoms with Crippen LogP contribution < -0.4 is 5.32 Å². The van der Waals surface area contributed by atoms with Crippen LogP contribution in [0.3, 0.4) is 0 Å². The molecule has 3 rings (SSSR count). The average Bonchev–Trinajstić information content (AvgIpc) is 2.90. The number of rotatable bonds is 5. The van der Waals surface area contributed by atoms with Crippen LogP contribution in [0.5, 0.6) is 0 Å². The predicted octanol–water partition coefficient (Wildman–Crippen LogP) is 1.87. The number of nitrogens with one attached hydrogen (secondary N) is 1. The van der Waals surface area contributed by atoms with Gasteiger partial charge >= 0.3 is 5.97 Å². The van der Waals surface area contributed by atoms with E-state index in [9.17, 15) is 23.6 Å². The van der Waals surface area contributed by atoms with Gasteiger partial charge in [0.2, 0.25) is 11.8 Å². The largest absolute Gasteiger partial charge is 0.454 e. The number of fused-ring (bicyclic) bond motifs is 1. The van der Waals surface area contributed by atoms with E-state index in [1.807, 2.05) is 0 Å².